The van der Waals surface area contributed by atoms with E-state index in [0.29, 0.717) is 11.3 Å². The number of hydrogen-bond acceptors (Lipinski definition) is 4. The summed E-state index contributed by atoms with van der Waals surface area (Å²) in [6, 6.07) is 11.4. The third-order valence-corrected chi connectivity index (χ3v) is 5.49. The average Bonchev–Trinajstić information content (AvgIpc) is 3.06. The van der Waals surface area contributed by atoms with Gasteiger partial charge < -0.3 is 4.90 Å². The minimum absolute atomic E-state index is 0.367. The van der Waals surface area contributed by atoms with Crippen molar-refractivity contribution in [3.63, 3.8) is 0 Å². The number of benzene rings is 1. The molecule has 0 aliphatic carbocycles. The van der Waals surface area contributed by atoms with E-state index >= 15 is 0 Å². The van der Waals surface area contributed by atoms with Crippen LogP contribution in [0.5, 0.6) is 0 Å². The highest BCUT2D eigenvalue weighted by molar-refractivity contribution is 7.22. The smallest absolute Gasteiger partial charge is 0.355 e. The first-order chi connectivity index (χ1) is 12.0. The van der Waals surface area contributed by atoms with Crippen LogP contribution in [0, 0.1) is 0 Å². The summed E-state index contributed by atoms with van der Waals surface area (Å²) in [6.07, 6.45) is -1.49. The third kappa shape index (κ3) is 3.20. The van der Waals surface area contributed by atoms with Crippen molar-refractivity contribution in [2.75, 3.05) is 18.0 Å². The van der Waals surface area contributed by atoms with Crippen LogP contribution < -0.4 is 4.90 Å². The number of halogens is 3. The lowest BCUT2D eigenvalue weighted by atomic mass is 10.1. The molecule has 0 spiro atoms. The zero-order valence-electron chi connectivity index (χ0n) is 13.4. The maximum absolute atomic E-state index is 13.3. The van der Waals surface area contributed by atoms with Crippen LogP contribution in [0.3, 0.4) is 0 Å². The Morgan fingerprint density at radius 2 is 1.68 bits per heavy atom. The van der Waals surface area contributed by atoms with Gasteiger partial charge in [0.1, 0.15) is 0 Å². The van der Waals surface area contributed by atoms with Crippen LogP contribution in [0.1, 0.15) is 25.1 Å². The minimum atomic E-state index is -4.55. The fourth-order valence-electron chi connectivity index (χ4n) is 3.11. The first kappa shape index (κ1) is 16.3. The lowest BCUT2D eigenvalue weighted by Gasteiger charge is -2.28. The predicted molar refractivity (Wildman–Crippen MR) is 93.9 cm³/mol. The van der Waals surface area contributed by atoms with Crippen molar-refractivity contribution in [3.8, 4) is 10.4 Å². The number of alkyl halides is 3. The topological polar surface area (TPSA) is 29.0 Å². The Bertz CT molecular complexity index is 884. The molecular formula is C18H16F3N3S. The van der Waals surface area contributed by atoms with E-state index in [1.807, 2.05) is 35.2 Å². The highest BCUT2D eigenvalue weighted by Crippen LogP contribution is 2.40. The van der Waals surface area contributed by atoms with E-state index in [2.05, 4.69) is 9.97 Å². The van der Waals surface area contributed by atoms with Gasteiger partial charge in [-0.3, -0.25) is 0 Å². The van der Waals surface area contributed by atoms with Crippen LogP contribution >= 0.6 is 11.3 Å². The van der Waals surface area contributed by atoms with Crippen LogP contribution in [0.25, 0.3) is 20.7 Å². The molecule has 1 fully saturated rings. The van der Waals surface area contributed by atoms with E-state index in [0.717, 1.165) is 47.5 Å². The fraction of sp³-hybridized carbons (Fsp3) is 0.333. The molecule has 1 aromatic carbocycles. The first-order valence-electron chi connectivity index (χ1n) is 8.21. The van der Waals surface area contributed by atoms with Gasteiger partial charge in [-0.15, -0.1) is 11.3 Å². The summed E-state index contributed by atoms with van der Waals surface area (Å²) < 4.78 is 40.5. The number of aromatic nitrogens is 2. The quantitative estimate of drug-likeness (QED) is 0.613. The van der Waals surface area contributed by atoms with Crippen molar-refractivity contribution in [3.05, 3.63) is 42.2 Å². The Labute approximate surface area is 147 Å². The Hall–Kier alpha value is -2.15. The van der Waals surface area contributed by atoms with Crippen LogP contribution in [-0.4, -0.2) is 23.1 Å². The summed E-state index contributed by atoms with van der Waals surface area (Å²) in [5.41, 5.74) is 1.34. The molecule has 1 aliphatic heterocycles. The summed E-state index contributed by atoms with van der Waals surface area (Å²) in [6.45, 7) is 1.48. The number of thiophene rings is 1. The Morgan fingerprint density at radius 1 is 0.960 bits per heavy atom. The normalized spacial score (nSPS) is 15.7. The average molecular weight is 363 g/mol. The molecule has 0 amide bonds. The highest BCUT2D eigenvalue weighted by atomic mass is 32.1. The van der Waals surface area contributed by atoms with Crippen LogP contribution in [0.2, 0.25) is 0 Å². The van der Waals surface area contributed by atoms with Gasteiger partial charge >= 0.3 is 6.18 Å². The molecule has 3 nitrogen and oxygen atoms in total. The van der Waals surface area contributed by atoms with Crippen molar-refractivity contribution >= 4 is 27.4 Å². The summed E-state index contributed by atoms with van der Waals surface area (Å²) >= 11 is 1.46. The molecule has 3 aromatic rings. The molecule has 2 aromatic heterocycles. The Balaban J connectivity index is 1.89. The number of hydrogen-bond donors (Lipinski definition) is 0. The van der Waals surface area contributed by atoms with Gasteiger partial charge in [-0.05, 0) is 30.9 Å². The number of piperidine rings is 1. The largest absolute Gasteiger partial charge is 0.451 e. The molecule has 0 unspecified atom stereocenters. The van der Waals surface area contributed by atoms with Crippen molar-refractivity contribution in [1.29, 1.82) is 0 Å². The van der Waals surface area contributed by atoms with Crippen molar-refractivity contribution in [1.82, 2.24) is 9.97 Å². The molecule has 7 heteroatoms. The summed E-state index contributed by atoms with van der Waals surface area (Å²) in [5, 5.41) is 0. The molecule has 0 radical (unpaired) electrons. The van der Waals surface area contributed by atoms with E-state index < -0.39 is 12.0 Å². The van der Waals surface area contributed by atoms with Gasteiger partial charge in [-0.2, -0.15) is 13.2 Å². The molecule has 25 heavy (non-hydrogen) atoms. The summed E-state index contributed by atoms with van der Waals surface area (Å²) in [7, 11) is 0. The zero-order chi connectivity index (χ0) is 17.4. The SMILES string of the molecule is FC(F)(F)c1nc(N2CCCCC2)c2sc(-c3ccccc3)cc2n1. The third-order valence-electron chi connectivity index (χ3n) is 4.32. The molecule has 0 bridgehead atoms. The summed E-state index contributed by atoms with van der Waals surface area (Å²) in [4.78, 5) is 10.6. The van der Waals surface area contributed by atoms with E-state index in [-0.39, 0.29) is 0 Å². The van der Waals surface area contributed by atoms with Gasteiger partial charge in [0.15, 0.2) is 5.82 Å². The molecule has 3 heterocycles. The van der Waals surface area contributed by atoms with Gasteiger partial charge in [-0.1, -0.05) is 30.3 Å². The monoisotopic (exact) mass is 363 g/mol. The molecule has 1 aliphatic rings. The minimum Gasteiger partial charge on any atom is -0.355 e. The predicted octanol–water partition coefficient (Wildman–Crippen LogP) is 5.37. The standard InChI is InChI=1S/C18H16F3N3S/c19-18(20,21)17-22-13-11-14(12-7-3-1-4-8-12)25-15(13)16(23-17)24-9-5-2-6-10-24/h1,3-4,7-8,11H,2,5-6,9-10H2. The van der Waals surface area contributed by atoms with Gasteiger partial charge in [0, 0.05) is 18.0 Å². The molecule has 0 N–H and O–H groups in total. The van der Waals surface area contributed by atoms with Gasteiger partial charge in [0.25, 0.3) is 0 Å². The fourth-order valence-corrected chi connectivity index (χ4v) is 4.23. The van der Waals surface area contributed by atoms with E-state index in [1.54, 1.807) is 6.07 Å². The Morgan fingerprint density at radius 3 is 2.36 bits per heavy atom. The molecule has 0 atom stereocenters. The second-order valence-corrected chi connectivity index (χ2v) is 7.16. The highest BCUT2D eigenvalue weighted by Gasteiger charge is 2.36. The second-order valence-electron chi connectivity index (χ2n) is 6.11. The van der Waals surface area contributed by atoms with Crippen LogP contribution in [0.15, 0.2) is 36.4 Å². The molecule has 4 rings (SSSR count). The van der Waals surface area contributed by atoms with Crippen LogP contribution in [-0.2, 0) is 6.18 Å². The molecule has 0 saturated carbocycles. The molecule has 1 saturated heterocycles. The van der Waals surface area contributed by atoms with E-state index in [9.17, 15) is 13.2 Å². The summed E-state index contributed by atoms with van der Waals surface area (Å²) in [5.74, 6) is -0.637. The lowest BCUT2D eigenvalue weighted by Crippen LogP contribution is -2.31. The zero-order valence-corrected chi connectivity index (χ0v) is 14.2. The number of nitrogens with zero attached hydrogens (tertiary/aromatic N) is 3. The second kappa shape index (κ2) is 6.29. The van der Waals surface area contributed by atoms with Crippen molar-refractivity contribution < 1.29 is 13.2 Å². The van der Waals surface area contributed by atoms with Crippen molar-refractivity contribution in [2.45, 2.75) is 25.4 Å². The molecule has 130 valence electrons. The van der Waals surface area contributed by atoms with E-state index in [4.69, 9.17) is 0 Å². The van der Waals surface area contributed by atoms with Crippen LogP contribution in [0.4, 0.5) is 19.0 Å². The maximum atomic E-state index is 13.3. The van der Waals surface area contributed by atoms with E-state index in [1.165, 1.54) is 11.3 Å². The van der Waals surface area contributed by atoms with Gasteiger partial charge in [0.05, 0.1) is 10.2 Å². The number of rotatable bonds is 2. The maximum Gasteiger partial charge on any atom is 0.451 e. The van der Waals surface area contributed by atoms with Gasteiger partial charge in [-0.25, -0.2) is 9.97 Å². The Kier molecular flexibility index (Phi) is 4.11. The number of fused-ring (bicyclic) bond motifs is 1. The first-order valence-corrected chi connectivity index (χ1v) is 9.03. The molecular weight excluding hydrogens is 347 g/mol. The number of anilines is 1. The van der Waals surface area contributed by atoms with Gasteiger partial charge in [0.2, 0.25) is 5.82 Å². The lowest BCUT2D eigenvalue weighted by molar-refractivity contribution is -0.144. The van der Waals surface area contributed by atoms with Crippen molar-refractivity contribution in [2.24, 2.45) is 0 Å².